The monoisotopic (exact) mass is 234 g/mol. The molecule has 2 aliphatic carbocycles. The molecule has 0 amide bonds. The van der Waals surface area contributed by atoms with Crippen LogP contribution < -0.4 is 0 Å². The van der Waals surface area contributed by atoms with Gasteiger partial charge in [-0.1, -0.05) is 33.3 Å². The van der Waals surface area contributed by atoms with Crippen LogP contribution in [0.3, 0.4) is 0 Å². The Morgan fingerprint density at radius 2 is 2.12 bits per heavy atom. The summed E-state index contributed by atoms with van der Waals surface area (Å²) in [5.41, 5.74) is 1.13. The number of ketones is 1. The van der Waals surface area contributed by atoms with Gasteiger partial charge in [0.2, 0.25) is 0 Å². The first-order valence-electron chi connectivity index (χ1n) is 6.89. The van der Waals surface area contributed by atoms with Crippen LogP contribution in [0.2, 0.25) is 0 Å². The number of hydrogen-bond acceptors (Lipinski definition) is 2. The second kappa shape index (κ2) is 3.68. The third-order valence-corrected chi connectivity index (χ3v) is 4.89. The van der Waals surface area contributed by atoms with E-state index in [0.717, 1.165) is 18.6 Å². The molecule has 2 nitrogen and oxygen atoms in total. The summed E-state index contributed by atoms with van der Waals surface area (Å²) in [5.74, 6) is 1.57. The fourth-order valence-electron chi connectivity index (χ4n) is 3.96. The lowest BCUT2D eigenvalue weighted by Gasteiger charge is -2.27. The zero-order valence-corrected chi connectivity index (χ0v) is 11.0. The Morgan fingerprint density at radius 3 is 2.88 bits per heavy atom. The fourth-order valence-corrected chi connectivity index (χ4v) is 3.96. The van der Waals surface area contributed by atoms with Gasteiger partial charge in [-0.2, -0.15) is 0 Å². The summed E-state index contributed by atoms with van der Waals surface area (Å²) in [5, 5.41) is 0. The lowest BCUT2D eigenvalue weighted by molar-refractivity contribution is -0.119. The summed E-state index contributed by atoms with van der Waals surface area (Å²) in [4.78, 5) is 12.5. The Balaban J connectivity index is 2.02. The Kier molecular flexibility index (Phi) is 2.48. The van der Waals surface area contributed by atoms with Gasteiger partial charge in [0.1, 0.15) is 0 Å². The molecule has 1 saturated heterocycles. The smallest absolute Gasteiger partial charge is 0.161 e. The second-order valence-corrected chi connectivity index (χ2v) is 6.66. The van der Waals surface area contributed by atoms with Crippen molar-refractivity contribution in [1.29, 1.82) is 0 Å². The lowest BCUT2D eigenvalue weighted by atomic mass is 9.76. The van der Waals surface area contributed by atoms with E-state index in [0.29, 0.717) is 17.6 Å². The highest BCUT2D eigenvalue weighted by Crippen LogP contribution is 2.52. The molecule has 0 unspecified atom stereocenters. The van der Waals surface area contributed by atoms with Gasteiger partial charge in [0.05, 0.1) is 12.7 Å². The maximum absolute atomic E-state index is 12.5. The van der Waals surface area contributed by atoms with Gasteiger partial charge in [-0.15, -0.1) is 0 Å². The molecule has 0 radical (unpaired) electrons. The van der Waals surface area contributed by atoms with Crippen molar-refractivity contribution in [2.24, 2.45) is 23.2 Å². The van der Waals surface area contributed by atoms with Crippen molar-refractivity contribution in [3.05, 3.63) is 11.6 Å². The third kappa shape index (κ3) is 1.61. The summed E-state index contributed by atoms with van der Waals surface area (Å²) in [6.45, 7) is 7.35. The molecule has 0 aromatic rings. The second-order valence-electron chi connectivity index (χ2n) is 6.66. The van der Waals surface area contributed by atoms with Gasteiger partial charge in [-0.05, 0) is 24.3 Å². The number of ether oxygens (including phenoxy) is 1. The van der Waals surface area contributed by atoms with Crippen LogP contribution in [-0.2, 0) is 9.53 Å². The molecule has 3 aliphatic rings. The lowest BCUT2D eigenvalue weighted by Crippen LogP contribution is -2.31. The van der Waals surface area contributed by atoms with Gasteiger partial charge in [0.25, 0.3) is 0 Å². The van der Waals surface area contributed by atoms with Gasteiger partial charge >= 0.3 is 0 Å². The minimum absolute atomic E-state index is 0.0362. The molecule has 0 aromatic heterocycles. The molecular weight excluding hydrogens is 212 g/mol. The van der Waals surface area contributed by atoms with E-state index in [9.17, 15) is 4.79 Å². The quantitative estimate of drug-likeness (QED) is 0.644. The van der Waals surface area contributed by atoms with Crippen molar-refractivity contribution in [3.8, 4) is 0 Å². The van der Waals surface area contributed by atoms with E-state index in [2.05, 4.69) is 26.8 Å². The Labute approximate surface area is 103 Å². The first-order valence-corrected chi connectivity index (χ1v) is 6.89. The average molecular weight is 234 g/mol. The number of hydrogen-bond donors (Lipinski definition) is 0. The highest BCUT2D eigenvalue weighted by molar-refractivity contribution is 5.98. The predicted molar refractivity (Wildman–Crippen MR) is 66.6 cm³/mol. The van der Waals surface area contributed by atoms with Crippen LogP contribution in [0.5, 0.6) is 0 Å². The van der Waals surface area contributed by atoms with E-state index in [1.54, 1.807) is 0 Å². The zero-order chi connectivity index (χ0) is 12.2. The highest BCUT2D eigenvalue weighted by Gasteiger charge is 2.53. The van der Waals surface area contributed by atoms with Crippen molar-refractivity contribution in [1.82, 2.24) is 0 Å². The predicted octanol–water partition coefficient (Wildman–Crippen LogP) is 2.97. The normalized spacial score (nSPS) is 43.9. The van der Waals surface area contributed by atoms with Crippen molar-refractivity contribution < 1.29 is 9.53 Å². The topological polar surface area (TPSA) is 26.3 Å². The zero-order valence-electron chi connectivity index (χ0n) is 11.0. The van der Waals surface area contributed by atoms with Crippen molar-refractivity contribution >= 4 is 5.78 Å². The summed E-state index contributed by atoms with van der Waals surface area (Å²) in [7, 11) is 0. The van der Waals surface area contributed by atoms with Crippen molar-refractivity contribution in [3.63, 3.8) is 0 Å². The third-order valence-electron chi connectivity index (χ3n) is 4.89. The number of Topliss-reactive ketones (excluding diaryl/α,β-unsaturated/α-hetero) is 1. The van der Waals surface area contributed by atoms with Crippen LogP contribution in [0.1, 0.15) is 40.0 Å². The van der Waals surface area contributed by atoms with Gasteiger partial charge in [0.15, 0.2) is 5.78 Å². The first-order chi connectivity index (χ1) is 8.00. The molecule has 0 aromatic carbocycles. The molecule has 2 heteroatoms. The average Bonchev–Trinajstić information content (AvgIpc) is 2.77. The maximum Gasteiger partial charge on any atom is 0.161 e. The standard InChI is InChI=1S/C15H22O2/c1-9-5-4-6-10-8-17-14-12(10)11(13(9)16)7-15(14,2)3/h7,9-10,12,14H,4-6,8H2,1-3H3/t9-,10-,12+,14+/m1/s1. The van der Waals surface area contributed by atoms with Crippen LogP contribution >= 0.6 is 0 Å². The molecule has 0 bridgehead atoms. The van der Waals surface area contributed by atoms with Crippen LogP contribution in [0.4, 0.5) is 0 Å². The fraction of sp³-hybridized carbons (Fsp3) is 0.800. The molecule has 0 spiro atoms. The maximum atomic E-state index is 12.5. The van der Waals surface area contributed by atoms with Crippen LogP contribution in [0, 0.1) is 23.2 Å². The molecule has 0 N–H and O–H groups in total. The molecule has 94 valence electrons. The summed E-state index contributed by atoms with van der Waals surface area (Å²) in [6, 6.07) is 0. The van der Waals surface area contributed by atoms with Crippen molar-refractivity contribution in [2.75, 3.05) is 6.61 Å². The Morgan fingerprint density at radius 1 is 1.35 bits per heavy atom. The van der Waals surface area contributed by atoms with Crippen molar-refractivity contribution in [2.45, 2.75) is 46.1 Å². The van der Waals surface area contributed by atoms with E-state index in [1.807, 2.05) is 0 Å². The molecule has 17 heavy (non-hydrogen) atoms. The van der Waals surface area contributed by atoms with Gasteiger partial charge in [0, 0.05) is 17.3 Å². The molecular formula is C15H22O2. The molecule has 4 atom stereocenters. The van der Waals surface area contributed by atoms with Gasteiger partial charge in [-0.3, -0.25) is 4.79 Å². The van der Waals surface area contributed by atoms with Gasteiger partial charge < -0.3 is 4.74 Å². The first kappa shape index (κ1) is 11.5. The molecule has 3 rings (SSSR count). The van der Waals surface area contributed by atoms with Crippen LogP contribution in [0.25, 0.3) is 0 Å². The van der Waals surface area contributed by atoms with E-state index < -0.39 is 0 Å². The number of carbonyl (C=O) groups is 1. The minimum Gasteiger partial charge on any atom is -0.376 e. The summed E-state index contributed by atoms with van der Waals surface area (Å²) in [6.07, 6.45) is 5.91. The Hall–Kier alpha value is -0.630. The molecule has 1 aliphatic heterocycles. The van der Waals surface area contributed by atoms with Gasteiger partial charge in [-0.25, -0.2) is 0 Å². The van der Waals surface area contributed by atoms with E-state index in [1.165, 1.54) is 12.8 Å². The van der Waals surface area contributed by atoms with E-state index in [-0.39, 0.29) is 17.4 Å². The number of carbonyl (C=O) groups excluding carboxylic acids is 1. The number of rotatable bonds is 0. The highest BCUT2D eigenvalue weighted by atomic mass is 16.5. The van der Waals surface area contributed by atoms with E-state index in [4.69, 9.17) is 4.74 Å². The van der Waals surface area contributed by atoms with Crippen LogP contribution in [0.15, 0.2) is 11.6 Å². The molecule has 1 heterocycles. The molecule has 1 saturated carbocycles. The largest absolute Gasteiger partial charge is 0.376 e. The summed E-state index contributed by atoms with van der Waals surface area (Å²) < 4.78 is 6.00. The molecule has 2 fully saturated rings. The van der Waals surface area contributed by atoms with Crippen LogP contribution in [-0.4, -0.2) is 18.5 Å². The summed E-state index contributed by atoms with van der Waals surface area (Å²) >= 11 is 0. The SMILES string of the molecule is C[C@@H]1CCC[C@@H]2CO[C@H]3[C@@H]2C(=CC3(C)C)C1=O. The Bertz CT molecular complexity index is 380. The minimum atomic E-state index is 0.0362. The van der Waals surface area contributed by atoms with E-state index >= 15 is 0 Å².